The zero-order chi connectivity index (χ0) is 22.3. The van der Waals surface area contributed by atoms with Crippen LogP contribution in [0.15, 0.2) is 78.9 Å². The van der Waals surface area contributed by atoms with Gasteiger partial charge >= 0.3 is 5.97 Å². The Labute approximate surface area is 190 Å². The Bertz CT molecular complexity index is 1060. The van der Waals surface area contributed by atoms with Gasteiger partial charge in [-0.15, -0.1) is 0 Å². The Morgan fingerprint density at radius 2 is 1.53 bits per heavy atom. The van der Waals surface area contributed by atoms with Crippen LogP contribution >= 0.6 is 0 Å². The van der Waals surface area contributed by atoms with E-state index >= 15 is 0 Å². The first kappa shape index (κ1) is 22.0. The molecule has 164 valence electrons. The second-order valence-electron chi connectivity index (χ2n) is 8.32. The molecule has 32 heavy (non-hydrogen) atoms. The lowest BCUT2D eigenvalue weighted by molar-refractivity contribution is -0.136. The number of hydrogen-bond acceptors (Lipinski definition) is 2. The summed E-state index contributed by atoms with van der Waals surface area (Å²) in [6.45, 7) is 3.03. The van der Waals surface area contributed by atoms with Crippen LogP contribution in [0.2, 0.25) is 0 Å². The number of carbonyl (C=O) groups is 1. The van der Waals surface area contributed by atoms with Crippen molar-refractivity contribution in [2.75, 3.05) is 6.61 Å². The minimum atomic E-state index is -0.812. The van der Waals surface area contributed by atoms with Crippen molar-refractivity contribution in [3.05, 3.63) is 107 Å². The van der Waals surface area contributed by atoms with Crippen LogP contribution in [-0.4, -0.2) is 17.7 Å². The van der Waals surface area contributed by atoms with Crippen molar-refractivity contribution in [1.29, 1.82) is 0 Å². The summed E-state index contributed by atoms with van der Waals surface area (Å²) in [5.41, 5.74) is 7.98. The summed E-state index contributed by atoms with van der Waals surface area (Å²) in [5, 5.41) is 9.11. The molecule has 3 aromatic carbocycles. The van der Waals surface area contributed by atoms with Gasteiger partial charge in [-0.1, -0.05) is 85.8 Å². The Morgan fingerprint density at radius 1 is 0.875 bits per heavy atom. The molecule has 0 aromatic heterocycles. The second kappa shape index (κ2) is 10.4. The summed E-state index contributed by atoms with van der Waals surface area (Å²) in [4.78, 5) is 11.1. The van der Waals surface area contributed by atoms with E-state index in [-0.39, 0.29) is 12.5 Å². The molecule has 1 fully saturated rings. The molecule has 3 nitrogen and oxygen atoms in total. The Morgan fingerprint density at radius 3 is 2.09 bits per heavy atom. The van der Waals surface area contributed by atoms with E-state index in [9.17, 15) is 4.79 Å². The van der Waals surface area contributed by atoms with Crippen LogP contribution in [0.4, 0.5) is 0 Å². The predicted octanol–water partition coefficient (Wildman–Crippen LogP) is 6.92. The van der Waals surface area contributed by atoms with Crippen LogP contribution in [-0.2, 0) is 16.0 Å². The van der Waals surface area contributed by atoms with E-state index < -0.39 is 5.97 Å². The van der Waals surface area contributed by atoms with Gasteiger partial charge in [0.2, 0.25) is 0 Å². The highest BCUT2D eigenvalue weighted by atomic mass is 16.5. The molecule has 0 bridgehead atoms. The van der Waals surface area contributed by atoms with E-state index in [1.165, 1.54) is 28.7 Å². The van der Waals surface area contributed by atoms with Crippen LogP contribution in [0.25, 0.3) is 11.1 Å². The van der Waals surface area contributed by atoms with Gasteiger partial charge in [0, 0.05) is 6.61 Å². The summed E-state index contributed by atoms with van der Waals surface area (Å²) in [6, 6.07) is 27.2. The van der Waals surface area contributed by atoms with E-state index in [4.69, 9.17) is 9.84 Å². The zero-order valence-corrected chi connectivity index (χ0v) is 18.6. The third kappa shape index (κ3) is 5.17. The quantitative estimate of drug-likeness (QED) is 0.417. The van der Waals surface area contributed by atoms with Crippen molar-refractivity contribution < 1.29 is 14.6 Å². The Balaban J connectivity index is 1.77. The molecule has 1 aliphatic heterocycles. The molecule has 1 saturated heterocycles. The molecule has 1 heterocycles. The molecule has 1 atom stereocenters. The smallest absolute Gasteiger partial charge is 0.307 e. The fourth-order valence-electron chi connectivity index (χ4n) is 4.51. The van der Waals surface area contributed by atoms with Gasteiger partial charge in [0.25, 0.3) is 0 Å². The van der Waals surface area contributed by atoms with Crippen LogP contribution in [0.3, 0.4) is 0 Å². The highest BCUT2D eigenvalue weighted by Crippen LogP contribution is 2.36. The highest BCUT2D eigenvalue weighted by molar-refractivity contribution is 5.98. The molecule has 1 aliphatic rings. The number of benzene rings is 3. The summed E-state index contributed by atoms with van der Waals surface area (Å²) in [6.07, 6.45) is 4.57. The first-order chi connectivity index (χ1) is 15.7. The number of rotatable bonds is 7. The SMILES string of the molecule is CC/C(=C(/c1ccc(CC(=O)O)cc1)c1ccc(C2CCCCO2)cc1)c1ccccc1. The van der Waals surface area contributed by atoms with E-state index in [1.54, 1.807) is 0 Å². The monoisotopic (exact) mass is 426 g/mol. The number of ether oxygens (including phenoxy) is 1. The molecule has 1 N–H and O–H groups in total. The van der Waals surface area contributed by atoms with E-state index in [1.807, 2.05) is 30.3 Å². The van der Waals surface area contributed by atoms with Gasteiger partial charge < -0.3 is 9.84 Å². The van der Waals surface area contributed by atoms with E-state index in [0.29, 0.717) is 0 Å². The number of carboxylic acids is 1. The maximum atomic E-state index is 11.1. The lowest BCUT2D eigenvalue weighted by Crippen LogP contribution is -2.11. The number of hydrogen-bond donors (Lipinski definition) is 1. The number of carboxylic acid groups (broad SMARTS) is 1. The van der Waals surface area contributed by atoms with Gasteiger partial charge in [0.05, 0.1) is 12.5 Å². The van der Waals surface area contributed by atoms with Gasteiger partial charge in [0.15, 0.2) is 0 Å². The summed E-state index contributed by atoms with van der Waals surface area (Å²) >= 11 is 0. The molecule has 0 spiro atoms. The van der Waals surface area contributed by atoms with Crippen LogP contribution in [0.5, 0.6) is 0 Å². The minimum absolute atomic E-state index is 0.0364. The highest BCUT2D eigenvalue weighted by Gasteiger charge is 2.18. The van der Waals surface area contributed by atoms with Crippen molar-refractivity contribution in [3.8, 4) is 0 Å². The van der Waals surface area contributed by atoms with Crippen molar-refractivity contribution in [1.82, 2.24) is 0 Å². The van der Waals surface area contributed by atoms with Crippen LogP contribution < -0.4 is 0 Å². The Hall–Kier alpha value is -3.17. The lowest BCUT2D eigenvalue weighted by atomic mass is 9.87. The van der Waals surface area contributed by atoms with Gasteiger partial charge in [-0.3, -0.25) is 4.79 Å². The topological polar surface area (TPSA) is 46.5 Å². The molecule has 4 rings (SSSR count). The van der Waals surface area contributed by atoms with Crippen molar-refractivity contribution >= 4 is 17.1 Å². The van der Waals surface area contributed by atoms with Crippen LogP contribution in [0, 0.1) is 0 Å². The first-order valence-electron chi connectivity index (χ1n) is 11.5. The third-order valence-electron chi connectivity index (χ3n) is 6.13. The summed E-state index contributed by atoms with van der Waals surface area (Å²) < 4.78 is 5.97. The number of aliphatic carboxylic acids is 1. The first-order valence-corrected chi connectivity index (χ1v) is 11.5. The number of allylic oxidation sites excluding steroid dienone is 1. The van der Waals surface area contributed by atoms with Crippen molar-refractivity contribution in [2.45, 2.75) is 45.1 Å². The van der Waals surface area contributed by atoms with Gasteiger partial charge in [-0.2, -0.15) is 0 Å². The average molecular weight is 427 g/mol. The predicted molar refractivity (Wildman–Crippen MR) is 129 cm³/mol. The molecular formula is C29H30O3. The van der Waals surface area contributed by atoms with Gasteiger partial charge in [-0.05, 0) is 64.6 Å². The minimum Gasteiger partial charge on any atom is -0.481 e. The standard InChI is InChI=1S/C29H30O3/c1-2-26(22-8-4-3-5-9-22)29(24-13-11-21(12-14-24)20-28(30)31)25-17-15-23(16-18-25)27-10-6-7-19-32-27/h3-5,8-9,11-18,27H,2,6-7,10,19-20H2,1H3,(H,30,31)/b29-26+. The van der Waals surface area contributed by atoms with Crippen molar-refractivity contribution in [2.24, 2.45) is 0 Å². The largest absolute Gasteiger partial charge is 0.481 e. The molecule has 0 saturated carbocycles. The third-order valence-corrected chi connectivity index (χ3v) is 6.13. The summed E-state index contributed by atoms with van der Waals surface area (Å²) in [7, 11) is 0. The molecule has 0 aliphatic carbocycles. The molecule has 3 aromatic rings. The molecule has 0 amide bonds. The van der Waals surface area contributed by atoms with Crippen LogP contribution in [0.1, 0.15) is 66.5 Å². The molecule has 0 radical (unpaired) electrons. The normalized spacial score (nSPS) is 17.0. The van der Waals surface area contributed by atoms with Gasteiger partial charge in [-0.25, -0.2) is 0 Å². The maximum Gasteiger partial charge on any atom is 0.307 e. The maximum absolute atomic E-state index is 11.1. The molecule has 3 heteroatoms. The lowest BCUT2D eigenvalue weighted by Gasteiger charge is -2.23. The molecule has 1 unspecified atom stereocenters. The Kier molecular flexibility index (Phi) is 7.18. The molecular weight excluding hydrogens is 396 g/mol. The fraction of sp³-hybridized carbons (Fsp3) is 0.276. The van der Waals surface area contributed by atoms with E-state index in [0.717, 1.165) is 42.6 Å². The van der Waals surface area contributed by atoms with E-state index in [2.05, 4.69) is 55.5 Å². The summed E-state index contributed by atoms with van der Waals surface area (Å²) in [5.74, 6) is -0.812. The van der Waals surface area contributed by atoms with Crippen molar-refractivity contribution in [3.63, 3.8) is 0 Å². The second-order valence-corrected chi connectivity index (χ2v) is 8.32. The average Bonchev–Trinajstić information content (AvgIpc) is 2.84. The van der Waals surface area contributed by atoms with Gasteiger partial charge in [0.1, 0.15) is 0 Å². The fourth-order valence-corrected chi connectivity index (χ4v) is 4.51. The zero-order valence-electron chi connectivity index (χ0n) is 18.6.